The number of rotatable bonds is 11. The molecule has 8 heteroatoms. The number of carbonyl (C=O) groups is 3. The number of hydrogen-bond acceptors (Lipinski definition) is 6. The standard InChI is InChI=1S/C30H34N2O5S/c1-21-18-26(22(2)32(21)17-14-23-10-12-24(36-3)13-11-23)27(33)19-37-30(35)25-8-4-5-9-28(25)38-20-29(34)31-15-6-7-16-31/h4-5,8-13,18H,6-7,14-17,19-20H2,1-3H3. The van der Waals surface area contributed by atoms with E-state index in [2.05, 4.69) is 4.57 Å². The Morgan fingerprint density at radius 2 is 1.66 bits per heavy atom. The maximum atomic E-state index is 13.0. The molecule has 4 rings (SSSR count). The minimum atomic E-state index is -0.566. The fourth-order valence-corrected chi connectivity index (χ4v) is 5.65. The van der Waals surface area contributed by atoms with E-state index >= 15 is 0 Å². The number of methoxy groups -OCH3 is 1. The Kier molecular flexibility index (Phi) is 9.29. The monoisotopic (exact) mass is 534 g/mol. The molecule has 1 aliphatic rings. The van der Waals surface area contributed by atoms with E-state index in [-0.39, 0.29) is 24.1 Å². The number of hydrogen-bond donors (Lipinski definition) is 0. The van der Waals surface area contributed by atoms with E-state index in [9.17, 15) is 14.4 Å². The van der Waals surface area contributed by atoms with E-state index < -0.39 is 5.97 Å². The normalized spacial score (nSPS) is 13.0. The van der Waals surface area contributed by atoms with Crippen molar-refractivity contribution < 1.29 is 23.9 Å². The molecule has 1 aliphatic heterocycles. The highest BCUT2D eigenvalue weighted by Gasteiger charge is 2.21. The second-order valence-electron chi connectivity index (χ2n) is 9.41. The molecule has 0 radical (unpaired) electrons. The van der Waals surface area contributed by atoms with Gasteiger partial charge in [0.25, 0.3) is 0 Å². The van der Waals surface area contributed by atoms with Crippen molar-refractivity contribution in [1.29, 1.82) is 0 Å². The van der Waals surface area contributed by atoms with Crippen molar-refractivity contribution >= 4 is 29.4 Å². The first-order chi connectivity index (χ1) is 18.4. The van der Waals surface area contributed by atoms with Crippen LogP contribution in [0, 0.1) is 13.8 Å². The number of thioether (sulfide) groups is 1. The average Bonchev–Trinajstić information content (AvgIpc) is 3.58. The highest BCUT2D eigenvalue weighted by Crippen LogP contribution is 2.25. The van der Waals surface area contributed by atoms with Crippen LogP contribution in [0.4, 0.5) is 0 Å². The molecule has 0 saturated carbocycles. The van der Waals surface area contributed by atoms with Gasteiger partial charge in [0.05, 0.1) is 18.4 Å². The van der Waals surface area contributed by atoms with Crippen LogP contribution in [0.25, 0.3) is 0 Å². The van der Waals surface area contributed by atoms with Crippen LogP contribution in [0.1, 0.15) is 50.5 Å². The number of likely N-dealkylation sites (tertiary alicyclic amines) is 1. The minimum absolute atomic E-state index is 0.0770. The number of ketones is 1. The SMILES string of the molecule is COc1ccc(CCn2c(C)cc(C(=O)COC(=O)c3ccccc3SCC(=O)N3CCCC3)c2C)cc1. The summed E-state index contributed by atoms with van der Waals surface area (Å²) in [5.41, 5.74) is 3.94. The third-order valence-electron chi connectivity index (χ3n) is 6.91. The van der Waals surface area contributed by atoms with Crippen LogP contribution < -0.4 is 4.74 Å². The lowest BCUT2D eigenvalue weighted by atomic mass is 10.1. The quantitative estimate of drug-likeness (QED) is 0.193. The van der Waals surface area contributed by atoms with E-state index in [4.69, 9.17) is 9.47 Å². The molecule has 1 aromatic heterocycles. The number of carbonyl (C=O) groups excluding carboxylic acids is 3. The number of ether oxygens (including phenoxy) is 2. The minimum Gasteiger partial charge on any atom is -0.497 e. The van der Waals surface area contributed by atoms with Gasteiger partial charge in [0.15, 0.2) is 6.61 Å². The molecule has 1 amide bonds. The Hall–Kier alpha value is -3.52. The molecule has 0 spiro atoms. The molecule has 2 heterocycles. The van der Waals surface area contributed by atoms with Crippen molar-refractivity contribution in [1.82, 2.24) is 9.47 Å². The van der Waals surface area contributed by atoms with Crippen LogP contribution >= 0.6 is 11.8 Å². The average molecular weight is 535 g/mol. The Morgan fingerprint density at radius 3 is 2.37 bits per heavy atom. The summed E-state index contributed by atoms with van der Waals surface area (Å²) in [5, 5.41) is 0. The molecular formula is C30H34N2O5S. The number of amides is 1. The van der Waals surface area contributed by atoms with Crippen molar-refractivity contribution in [2.75, 3.05) is 32.6 Å². The van der Waals surface area contributed by atoms with Gasteiger partial charge in [-0.1, -0.05) is 24.3 Å². The van der Waals surface area contributed by atoms with Crippen molar-refractivity contribution in [2.45, 2.75) is 44.6 Å². The zero-order valence-corrected chi connectivity index (χ0v) is 23.0. The molecule has 7 nitrogen and oxygen atoms in total. The fourth-order valence-electron chi connectivity index (χ4n) is 4.71. The van der Waals surface area contributed by atoms with E-state index in [1.807, 2.05) is 55.1 Å². The third kappa shape index (κ3) is 6.67. The zero-order valence-electron chi connectivity index (χ0n) is 22.2. The molecule has 2 aromatic carbocycles. The molecule has 0 atom stereocenters. The van der Waals surface area contributed by atoms with Crippen molar-refractivity contribution in [2.24, 2.45) is 0 Å². The molecule has 38 heavy (non-hydrogen) atoms. The van der Waals surface area contributed by atoms with Crippen LogP contribution in [-0.4, -0.2) is 59.7 Å². The predicted octanol–water partition coefficient (Wildman–Crippen LogP) is 5.11. The van der Waals surface area contributed by atoms with Gasteiger partial charge in [0.1, 0.15) is 5.75 Å². The Balaban J connectivity index is 1.34. The molecule has 1 fully saturated rings. The van der Waals surface area contributed by atoms with Gasteiger partial charge in [0, 0.05) is 41.5 Å². The van der Waals surface area contributed by atoms with E-state index in [0.29, 0.717) is 16.0 Å². The summed E-state index contributed by atoms with van der Waals surface area (Å²) in [7, 11) is 1.65. The van der Waals surface area contributed by atoms with Crippen LogP contribution in [0.15, 0.2) is 59.5 Å². The second kappa shape index (κ2) is 12.8. The number of benzene rings is 2. The third-order valence-corrected chi connectivity index (χ3v) is 7.97. The van der Waals surface area contributed by atoms with Gasteiger partial charge in [-0.3, -0.25) is 9.59 Å². The molecule has 3 aromatic rings. The number of esters is 1. The molecule has 0 unspecified atom stereocenters. The first-order valence-electron chi connectivity index (χ1n) is 12.9. The van der Waals surface area contributed by atoms with Gasteiger partial charge < -0.3 is 18.9 Å². The summed E-state index contributed by atoms with van der Waals surface area (Å²) in [6, 6.07) is 16.9. The highest BCUT2D eigenvalue weighted by molar-refractivity contribution is 8.00. The van der Waals surface area contributed by atoms with Crippen LogP contribution in [0.2, 0.25) is 0 Å². The van der Waals surface area contributed by atoms with Gasteiger partial charge in [-0.15, -0.1) is 11.8 Å². The Morgan fingerprint density at radius 1 is 0.947 bits per heavy atom. The molecule has 0 N–H and O–H groups in total. The van der Waals surface area contributed by atoms with E-state index in [0.717, 1.165) is 56.0 Å². The van der Waals surface area contributed by atoms with Gasteiger partial charge in [-0.05, 0) is 69.0 Å². The van der Waals surface area contributed by atoms with Gasteiger partial charge >= 0.3 is 5.97 Å². The van der Waals surface area contributed by atoms with Gasteiger partial charge in [-0.25, -0.2) is 4.79 Å². The van der Waals surface area contributed by atoms with E-state index in [1.165, 1.54) is 17.3 Å². The number of aryl methyl sites for hydroxylation is 2. The molecule has 1 saturated heterocycles. The Bertz CT molecular complexity index is 1290. The van der Waals surface area contributed by atoms with Crippen LogP contribution in [-0.2, 0) is 22.5 Å². The Labute approximate surface area is 228 Å². The zero-order chi connectivity index (χ0) is 27.1. The topological polar surface area (TPSA) is 77.8 Å². The van der Waals surface area contributed by atoms with Crippen LogP contribution in [0.5, 0.6) is 5.75 Å². The summed E-state index contributed by atoms with van der Waals surface area (Å²) in [6.45, 7) is 5.88. The number of nitrogens with zero attached hydrogens (tertiary/aromatic N) is 2. The number of Topliss-reactive ketones (excluding diaryl/α,β-unsaturated/α-hetero) is 1. The summed E-state index contributed by atoms with van der Waals surface area (Å²) in [4.78, 5) is 40.8. The molecule has 0 aliphatic carbocycles. The largest absolute Gasteiger partial charge is 0.497 e. The fraction of sp³-hybridized carbons (Fsp3) is 0.367. The number of aromatic nitrogens is 1. The maximum absolute atomic E-state index is 13.0. The maximum Gasteiger partial charge on any atom is 0.339 e. The van der Waals surface area contributed by atoms with Gasteiger partial charge in [0.2, 0.25) is 11.7 Å². The second-order valence-corrected chi connectivity index (χ2v) is 10.4. The lowest BCUT2D eigenvalue weighted by Crippen LogP contribution is -2.29. The summed E-state index contributed by atoms with van der Waals surface area (Å²) >= 11 is 1.33. The van der Waals surface area contributed by atoms with Gasteiger partial charge in [-0.2, -0.15) is 0 Å². The van der Waals surface area contributed by atoms with Crippen LogP contribution in [0.3, 0.4) is 0 Å². The van der Waals surface area contributed by atoms with E-state index in [1.54, 1.807) is 25.3 Å². The smallest absolute Gasteiger partial charge is 0.339 e. The first kappa shape index (κ1) is 27.5. The predicted molar refractivity (Wildman–Crippen MR) is 148 cm³/mol. The van der Waals surface area contributed by atoms with Crippen molar-refractivity contribution in [3.05, 3.63) is 82.7 Å². The first-order valence-corrected chi connectivity index (χ1v) is 13.9. The summed E-state index contributed by atoms with van der Waals surface area (Å²) in [5.74, 6) is 0.362. The lowest BCUT2D eigenvalue weighted by molar-refractivity contribution is -0.127. The summed E-state index contributed by atoms with van der Waals surface area (Å²) < 4.78 is 12.8. The van der Waals surface area contributed by atoms with Crippen molar-refractivity contribution in [3.8, 4) is 5.75 Å². The molecule has 200 valence electrons. The van der Waals surface area contributed by atoms with Crippen molar-refractivity contribution in [3.63, 3.8) is 0 Å². The molecular weight excluding hydrogens is 500 g/mol. The molecule has 0 bridgehead atoms. The lowest BCUT2D eigenvalue weighted by Gasteiger charge is -2.15. The highest BCUT2D eigenvalue weighted by atomic mass is 32.2. The summed E-state index contributed by atoms with van der Waals surface area (Å²) in [6.07, 6.45) is 2.90.